The molecule has 1 atom stereocenters. The van der Waals surface area contributed by atoms with Crippen LogP contribution < -0.4 is 14.8 Å². The maximum Gasteiger partial charge on any atom is 0.163 e. The van der Waals surface area contributed by atoms with Gasteiger partial charge in [0.1, 0.15) is 6.61 Å². The summed E-state index contributed by atoms with van der Waals surface area (Å²) in [6.07, 6.45) is 2.12. The zero-order valence-corrected chi connectivity index (χ0v) is 19.4. The van der Waals surface area contributed by atoms with Gasteiger partial charge in [0.25, 0.3) is 0 Å². The van der Waals surface area contributed by atoms with Crippen molar-refractivity contribution in [3.05, 3.63) is 94.0 Å². The molecule has 1 unspecified atom stereocenters. The van der Waals surface area contributed by atoms with E-state index >= 15 is 0 Å². The maximum atomic E-state index is 6.58. The Kier molecular flexibility index (Phi) is 8.81. The summed E-state index contributed by atoms with van der Waals surface area (Å²) in [5.41, 5.74) is 4.72. The maximum absolute atomic E-state index is 6.58. The van der Waals surface area contributed by atoms with Crippen LogP contribution in [-0.2, 0) is 19.6 Å². The van der Waals surface area contributed by atoms with Crippen molar-refractivity contribution in [1.82, 2.24) is 5.32 Å². The Hall–Kier alpha value is -2.49. The van der Waals surface area contributed by atoms with Crippen LogP contribution in [0.25, 0.3) is 0 Å². The largest absolute Gasteiger partial charge is 0.490 e. The zero-order chi connectivity index (χ0) is 22.1. The molecule has 0 saturated heterocycles. The topological polar surface area (TPSA) is 30.5 Å². The van der Waals surface area contributed by atoms with E-state index in [1.807, 2.05) is 19.1 Å². The number of aryl methyl sites for hydroxylation is 2. The second kappa shape index (κ2) is 11.8. The fraction of sp³-hybridized carbons (Fsp3) is 0.333. The van der Waals surface area contributed by atoms with Gasteiger partial charge in [0.15, 0.2) is 11.5 Å². The van der Waals surface area contributed by atoms with Crippen LogP contribution in [0.1, 0.15) is 42.5 Å². The van der Waals surface area contributed by atoms with E-state index in [1.165, 1.54) is 11.1 Å². The fourth-order valence-electron chi connectivity index (χ4n) is 3.35. The molecular weight excluding hydrogens is 406 g/mol. The van der Waals surface area contributed by atoms with Gasteiger partial charge in [-0.15, -0.1) is 0 Å². The predicted molar refractivity (Wildman–Crippen MR) is 129 cm³/mol. The third-order valence-corrected chi connectivity index (χ3v) is 5.63. The Labute approximate surface area is 191 Å². The number of nitrogens with one attached hydrogen (secondary N) is 1. The lowest BCUT2D eigenvalue weighted by molar-refractivity contribution is 0.269. The summed E-state index contributed by atoms with van der Waals surface area (Å²) in [7, 11) is 0. The molecule has 3 aromatic carbocycles. The minimum atomic E-state index is 0.379. The molecule has 4 heteroatoms. The van der Waals surface area contributed by atoms with Crippen LogP contribution in [0.4, 0.5) is 0 Å². The summed E-state index contributed by atoms with van der Waals surface area (Å²) >= 11 is 6.58. The molecule has 3 aromatic rings. The van der Waals surface area contributed by atoms with Crippen LogP contribution in [0.15, 0.2) is 66.7 Å². The van der Waals surface area contributed by atoms with E-state index < -0.39 is 0 Å². The van der Waals surface area contributed by atoms with E-state index in [9.17, 15) is 0 Å². The first-order chi connectivity index (χ1) is 15.0. The summed E-state index contributed by atoms with van der Waals surface area (Å²) in [4.78, 5) is 0. The Morgan fingerprint density at radius 3 is 2.32 bits per heavy atom. The quantitative estimate of drug-likeness (QED) is 0.360. The number of halogens is 1. The molecule has 0 spiro atoms. The zero-order valence-electron chi connectivity index (χ0n) is 18.7. The van der Waals surface area contributed by atoms with E-state index in [0.717, 1.165) is 29.7 Å². The van der Waals surface area contributed by atoms with Crippen molar-refractivity contribution >= 4 is 11.6 Å². The number of hydrogen-bond acceptors (Lipinski definition) is 3. The monoisotopic (exact) mass is 437 g/mol. The highest BCUT2D eigenvalue weighted by Gasteiger charge is 2.13. The molecule has 0 bridgehead atoms. The molecule has 0 amide bonds. The average Bonchev–Trinajstić information content (AvgIpc) is 2.78. The van der Waals surface area contributed by atoms with Gasteiger partial charge in [-0.25, -0.2) is 0 Å². The molecule has 0 aliphatic rings. The molecule has 0 aliphatic carbocycles. The lowest BCUT2D eigenvalue weighted by atomic mass is 10.1. The van der Waals surface area contributed by atoms with Crippen LogP contribution in [0.2, 0.25) is 5.02 Å². The standard InChI is InChI=1S/C27H32ClNO2/c1-4-30-26-16-24(18-29-21(3)12-15-22-8-6-5-7-9-22)25(28)17-27(26)31-19-23-13-10-20(2)11-14-23/h5-11,13-14,16-17,21,29H,4,12,15,18-19H2,1-3H3. The highest BCUT2D eigenvalue weighted by molar-refractivity contribution is 6.31. The van der Waals surface area contributed by atoms with E-state index in [1.54, 1.807) is 0 Å². The summed E-state index contributed by atoms with van der Waals surface area (Å²) < 4.78 is 11.9. The molecule has 0 fully saturated rings. The lowest BCUT2D eigenvalue weighted by Gasteiger charge is -2.17. The first-order valence-electron chi connectivity index (χ1n) is 11.0. The Morgan fingerprint density at radius 2 is 1.61 bits per heavy atom. The molecule has 1 N–H and O–H groups in total. The summed E-state index contributed by atoms with van der Waals surface area (Å²) in [5, 5.41) is 4.27. The second-order valence-corrected chi connectivity index (χ2v) is 8.31. The van der Waals surface area contributed by atoms with E-state index in [2.05, 4.69) is 73.8 Å². The first kappa shape index (κ1) is 23.2. The molecule has 0 radical (unpaired) electrons. The predicted octanol–water partition coefficient (Wildman–Crippen LogP) is 6.74. The van der Waals surface area contributed by atoms with Gasteiger partial charge in [0, 0.05) is 23.7 Å². The fourth-order valence-corrected chi connectivity index (χ4v) is 3.57. The van der Waals surface area contributed by atoms with Gasteiger partial charge in [-0.3, -0.25) is 0 Å². The molecule has 0 heterocycles. The molecule has 0 saturated carbocycles. The number of hydrogen-bond donors (Lipinski definition) is 1. The van der Waals surface area contributed by atoms with Gasteiger partial charge in [-0.2, -0.15) is 0 Å². The van der Waals surface area contributed by atoms with Crippen molar-refractivity contribution in [2.24, 2.45) is 0 Å². The summed E-state index contributed by atoms with van der Waals surface area (Å²) in [6.45, 7) is 8.00. The van der Waals surface area contributed by atoms with Gasteiger partial charge < -0.3 is 14.8 Å². The molecule has 0 aromatic heterocycles. The Morgan fingerprint density at radius 1 is 0.903 bits per heavy atom. The van der Waals surface area contributed by atoms with Crippen molar-refractivity contribution in [1.29, 1.82) is 0 Å². The highest BCUT2D eigenvalue weighted by atomic mass is 35.5. The van der Waals surface area contributed by atoms with Crippen LogP contribution >= 0.6 is 11.6 Å². The molecule has 3 nitrogen and oxygen atoms in total. The van der Waals surface area contributed by atoms with Crippen LogP contribution in [0.3, 0.4) is 0 Å². The van der Waals surface area contributed by atoms with E-state index in [0.29, 0.717) is 36.6 Å². The van der Waals surface area contributed by atoms with Crippen molar-refractivity contribution in [2.75, 3.05) is 6.61 Å². The molecule has 3 rings (SSSR count). The van der Waals surface area contributed by atoms with Crippen LogP contribution in [0.5, 0.6) is 11.5 Å². The van der Waals surface area contributed by atoms with Gasteiger partial charge in [0.2, 0.25) is 0 Å². The van der Waals surface area contributed by atoms with Crippen LogP contribution in [0, 0.1) is 6.92 Å². The third kappa shape index (κ3) is 7.30. The van der Waals surface area contributed by atoms with Crippen molar-refractivity contribution in [3.8, 4) is 11.5 Å². The molecule has 31 heavy (non-hydrogen) atoms. The van der Waals surface area contributed by atoms with Gasteiger partial charge in [-0.05, 0) is 56.4 Å². The molecular formula is C27H32ClNO2. The lowest BCUT2D eigenvalue weighted by Crippen LogP contribution is -2.26. The highest BCUT2D eigenvalue weighted by Crippen LogP contribution is 2.34. The minimum absolute atomic E-state index is 0.379. The van der Waals surface area contributed by atoms with Gasteiger partial charge in [-0.1, -0.05) is 71.8 Å². The normalized spacial score (nSPS) is 11.9. The van der Waals surface area contributed by atoms with Gasteiger partial charge >= 0.3 is 0 Å². The molecule has 164 valence electrons. The SMILES string of the molecule is CCOc1cc(CNC(C)CCc2ccccc2)c(Cl)cc1OCc1ccc(C)cc1. The van der Waals surface area contributed by atoms with Crippen molar-refractivity contribution in [3.63, 3.8) is 0 Å². The van der Waals surface area contributed by atoms with Crippen LogP contribution in [-0.4, -0.2) is 12.6 Å². The molecule has 0 aliphatic heterocycles. The van der Waals surface area contributed by atoms with E-state index in [-0.39, 0.29) is 0 Å². The van der Waals surface area contributed by atoms with Gasteiger partial charge in [0.05, 0.1) is 6.61 Å². The van der Waals surface area contributed by atoms with Crippen molar-refractivity contribution < 1.29 is 9.47 Å². The number of ether oxygens (including phenoxy) is 2. The Bertz CT molecular complexity index is 941. The summed E-state index contributed by atoms with van der Waals surface area (Å²) in [6, 6.07) is 23.1. The van der Waals surface area contributed by atoms with E-state index in [4.69, 9.17) is 21.1 Å². The first-order valence-corrected chi connectivity index (χ1v) is 11.3. The van der Waals surface area contributed by atoms with Crippen molar-refractivity contribution in [2.45, 2.75) is 52.8 Å². The average molecular weight is 438 g/mol. The number of benzene rings is 3. The Balaban J connectivity index is 1.60. The third-order valence-electron chi connectivity index (χ3n) is 5.28. The number of rotatable bonds is 11. The summed E-state index contributed by atoms with van der Waals surface area (Å²) in [5.74, 6) is 1.40. The minimum Gasteiger partial charge on any atom is -0.490 e. The smallest absolute Gasteiger partial charge is 0.163 e. The second-order valence-electron chi connectivity index (χ2n) is 7.90.